The van der Waals surface area contributed by atoms with Crippen molar-refractivity contribution in [2.24, 2.45) is 11.3 Å². The molecular formula is C13H20N2O2. The van der Waals surface area contributed by atoms with Gasteiger partial charge in [0.15, 0.2) is 0 Å². The maximum atomic E-state index is 11.8. The smallest absolute Gasteiger partial charge is 0.240 e. The van der Waals surface area contributed by atoms with Gasteiger partial charge in [0.2, 0.25) is 5.91 Å². The van der Waals surface area contributed by atoms with Crippen LogP contribution in [0.5, 0.6) is 0 Å². The predicted octanol–water partition coefficient (Wildman–Crippen LogP) is 1.64. The van der Waals surface area contributed by atoms with Crippen LogP contribution < -0.4 is 5.32 Å². The molecule has 17 heavy (non-hydrogen) atoms. The van der Waals surface area contributed by atoms with Crippen molar-refractivity contribution in [3.8, 4) is 6.07 Å². The molecule has 1 amide bonds. The molecule has 0 aromatic rings. The van der Waals surface area contributed by atoms with Gasteiger partial charge in [0.25, 0.3) is 0 Å². The summed E-state index contributed by atoms with van der Waals surface area (Å²) in [6.45, 7) is 9.07. The molecule has 0 heterocycles. The standard InChI is InChI=1S/C13H20N2O2/c1-10(2)8-17-5-4-15-12(16)13(9-14)6-11(3)7-13/h11H,1,4-8H2,2-3H3,(H,15,16). The zero-order valence-electron chi connectivity index (χ0n) is 10.6. The quantitative estimate of drug-likeness (QED) is 0.563. The minimum Gasteiger partial charge on any atom is -0.375 e. The van der Waals surface area contributed by atoms with Crippen molar-refractivity contribution in [3.63, 3.8) is 0 Å². The van der Waals surface area contributed by atoms with Gasteiger partial charge >= 0.3 is 0 Å². The number of carbonyl (C=O) groups excluding carboxylic acids is 1. The second kappa shape index (κ2) is 5.83. The Morgan fingerprint density at radius 2 is 2.29 bits per heavy atom. The van der Waals surface area contributed by atoms with Gasteiger partial charge in [0, 0.05) is 6.54 Å². The van der Waals surface area contributed by atoms with Crippen LogP contribution in [-0.4, -0.2) is 25.7 Å². The summed E-state index contributed by atoms with van der Waals surface area (Å²) in [6.07, 6.45) is 1.34. The Hall–Kier alpha value is -1.34. The molecule has 1 saturated carbocycles. The highest BCUT2D eigenvalue weighted by Crippen LogP contribution is 2.44. The lowest BCUT2D eigenvalue weighted by molar-refractivity contribution is -0.134. The topological polar surface area (TPSA) is 62.1 Å². The molecule has 0 radical (unpaired) electrons. The normalized spacial score (nSPS) is 26.8. The van der Waals surface area contributed by atoms with Crippen LogP contribution in [0.25, 0.3) is 0 Å². The van der Waals surface area contributed by atoms with Crippen molar-refractivity contribution in [3.05, 3.63) is 12.2 Å². The van der Waals surface area contributed by atoms with Crippen LogP contribution in [0.1, 0.15) is 26.7 Å². The Morgan fingerprint density at radius 1 is 1.65 bits per heavy atom. The summed E-state index contributed by atoms with van der Waals surface area (Å²) in [7, 11) is 0. The number of rotatable bonds is 6. The lowest BCUT2D eigenvalue weighted by Gasteiger charge is -2.39. The van der Waals surface area contributed by atoms with Crippen LogP contribution >= 0.6 is 0 Å². The first-order chi connectivity index (χ1) is 8.00. The van der Waals surface area contributed by atoms with Crippen molar-refractivity contribution in [1.29, 1.82) is 5.26 Å². The first-order valence-corrected chi connectivity index (χ1v) is 5.92. The summed E-state index contributed by atoms with van der Waals surface area (Å²) in [5.74, 6) is 0.317. The van der Waals surface area contributed by atoms with Crippen molar-refractivity contribution < 1.29 is 9.53 Å². The van der Waals surface area contributed by atoms with Crippen LogP contribution in [0.15, 0.2) is 12.2 Å². The summed E-state index contributed by atoms with van der Waals surface area (Å²) in [5.41, 5.74) is 0.172. The largest absolute Gasteiger partial charge is 0.375 e. The number of hydrogen-bond acceptors (Lipinski definition) is 3. The summed E-state index contributed by atoms with van der Waals surface area (Å²) >= 11 is 0. The maximum Gasteiger partial charge on any atom is 0.240 e. The van der Waals surface area contributed by atoms with Gasteiger partial charge in [0.1, 0.15) is 5.41 Å². The molecule has 1 aliphatic rings. The Morgan fingerprint density at radius 3 is 2.76 bits per heavy atom. The second-order valence-corrected chi connectivity index (χ2v) is 4.97. The molecule has 4 nitrogen and oxygen atoms in total. The highest BCUT2D eigenvalue weighted by Gasteiger charge is 2.48. The van der Waals surface area contributed by atoms with Crippen LogP contribution in [0, 0.1) is 22.7 Å². The molecule has 0 unspecified atom stereocenters. The van der Waals surface area contributed by atoms with Gasteiger partial charge in [-0.2, -0.15) is 5.26 Å². The number of nitrogens with zero attached hydrogens (tertiary/aromatic N) is 1. The van der Waals surface area contributed by atoms with E-state index in [9.17, 15) is 4.79 Å². The monoisotopic (exact) mass is 236 g/mol. The SMILES string of the molecule is C=C(C)COCCNC(=O)C1(C#N)CC(C)C1. The van der Waals surface area contributed by atoms with E-state index in [0.29, 0.717) is 38.5 Å². The maximum absolute atomic E-state index is 11.8. The fourth-order valence-corrected chi connectivity index (χ4v) is 2.11. The summed E-state index contributed by atoms with van der Waals surface area (Å²) in [5, 5.41) is 11.8. The van der Waals surface area contributed by atoms with Crippen LogP contribution in [-0.2, 0) is 9.53 Å². The van der Waals surface area contributed by atoms with E-state index in [1.54, 1.807) is 0 Å². The molecule has 1 fully saturated rings. The zero-order valence-corrected chi connectivity index (χ0v) is 10.6. The van der Waals surface area contributed by atoms with Crippen LogP contribution in [0.2, 0.25) is 0 Å². The summed E-state index contributed by atoms with van der Waals surface area (Å²) < 4.78 is 5.27. The van der Waals surface area contributed by atoms with Crippen molar-refractivity contribution >= 4 is 5.91 Å². The third-order valence-corrected chi connectivity index (χ3v) is 2.92. The summed E-state index contributed by atoms with van der Waals surface area (Å²) in [6, 6.07) is 2.14. The number of carbonyl (C=O) groups is 1. The number of hydrogen-bond donors (Lipinski definition) is 1. The van der Waals surface area contributed by atoms with Crippen molar-refractivity contribution in [2.45, 2.75) is 26.7 Å². The molecule has 94 valence electrons. The van der Waals surface area contributed by atoms with Crippen molar-refractivity contribution in [1.82, 2.24) is 5.32 Å². The van der Waals surface area contributed by atoms with E-state index in [0.717, 1.165) is 5.57 Å². The lowest BCUT2D eigenvalue weighted by Crippen LogP contribution is -2.48. The van der Waals surface area contributed by atoms with E-state index in [4.69, 9.17) is 10.00 Å². The van der Waals surface area contributed by atoms with Gasteiger partial charge in [-0.1, -0.05) is 19.1 Å². The summed E-state index contributed by atoms with van der Waals surface area (Å²) in [4.78, 5) is 11.8. The van der Waals surface area contributed by atoms with Gasteiger partial charge in [-0.3, -0.25) is 4.79 Å². The highest BCUT2D eigenvalue weighted by atomic mass is 16.5. The molecule has 0 bridgehead atoms. The Balaban J connectivity index is 2.21. The number of nitriles is 1. The average Bonchev–Trinajstić information content (AvgIpc) is 2.23. The van der Waals surface area contributed by atoms with Crippen molar-refractivity contribution in [2.75, 3.05) is 19.8 Å². The predicted molar refractivity (Wildman–Crippen MR) is 65.1 cm³/mol. The molecule has 0 aliphatic heterocycles. The Labute approximate surface area is 103 Å². The van der Waals surface area contributed by atoms with Gasteiger partial charge in [-0.25, -0.2) is 0 Å². The third kappa shape index (κ3) is 3.57. The minimum atomic E-state index is -0.784. The zero-order chi connectivity index (χ0) is 12.9. The lowest BCUT2D eigenvalue weighted by atomic mass is 9.63. The van der Waals surface area contributed by atoms with E-state index in [1.165, 1.54) is 0 Å². The van der Waals surface area contributed by atoms with Crippen LogP contribution in [0.3, 0.4) is 0 Å². The second-order valence-electron chi connectivity index (χ2n) is 4.97. The highest BCUT2D eigenvalue weighted by molar-refractivity contribution is 5.86. The van der Waals surface area contributed by atoms with Gasteiger partial charge in [0.05, 0.1) is 19.3 Å². The Kier molecular flexibility index (Phi) is 4.71. The molecule has 0 atom stereocenters. The number of amides is 1. The van der Waals surface area contributed by atoms with Gasteiger partial charge < -0.3 is 10.1 Å². The molecule has 0 spiro atoms. The molecular weight excluding hydrogens is 216 g/mol. The fraction of sp³-hybridized carbons (Fsp3) is 0.692. The molecule has 4 heteroatoms. The number of ether oxygens (including phenoxy) is 1. The van der Waals surface area contributed by atoms with Gasteiger partial charge in [-0.05, 0) is 25.7 Å². The first-order valence-electron chi connectivity index (χ1n) is 5.92. The van der Waals surface area contributed by atoms with E-state index in [-0.39, 0.29) is 5.91 Å². The average molecular weight is 236 g/mol. The van der Waals surface area contributed by atoms with E-state index in [1.807, 2.05) is 6.92 Å². The fourth-order valence-electron chi connectivity index (χ4n) is 2.11. The molecule has 1 aliphatic carbocycles. The first kappa shape index (κ1) is 13.7. The number of nitrogens with one attached hydrogen (secondary N) is 1. The van der Waals surface area contributed by atoms with Gasteiger partial charge in [-0.15, -0.1) is 0 Å². The molecule has 0 aromatic heterocycles. The van der Waals surface area contributed by atoms with E-state index >= 15 is 0 Å². The Bertz CT molecular complexity index is 338. The molecule has 0 aromatic carbocycles. The van der Waals surface area contributed by atoms with E-state index in [2.05, 4.69) is 24.9 Å². The molecule has 0 saturated heterocycles. The third-order valence-electron chi connectivity index (χ3n) is 2.92. The molecule has 1 N–H and O–H groups in total. The molecule has 1 rings (SSSR count). The van der Waals surface area contributed by atoms with Crippen LogP contribution in [0.4, 0.5) is 0 Å². The minimum absolute atomic E-state index is 0.156. The van der Waals surface area contributed by atoms with E-state index < -0.39 is 5.41 Å².